The number of carbonyl (C=O) groups excluding carboxylic acids is 2. The lowest BCUT2D eigenvalue weighted by molar-refractivity contribution is -0.0216. The van der Waals surface area contributed by atoms with Crippen LogP contribution in [-0.2, 0) is 25.2 Å². The van der Waals surface area contributed by atoms with E-state index in [-0.39, 0.29) is 17.4 Å². The van der Waals surface area contributed by atoms with Gasteiger partial charge in [-0.15, -0.1) is 0 Å². The predicted molar refractivity (Wildman–Crippen MR) is 140 cm³/mol. The van der Waals surface area contributed by atoms with E-state index in [9.17, 15) is 9.59 Å². The monoisotopic (exact) mass is 506 g/mol. The minimum Gasteiger partial charge on any atom is -0.399 e. The fourth-order valence-electron chi connectivity index (χ4n) is 5.27. The Morgan fingerprint density at radius 3 is 2.33 bits per heavy atom. The first-order valence-corrected chi connectivity index (χ1v) is 12.6. The molecular formula is C27H31ClN6O2. The summed E-state index contributed by atoms with van der Waals surface area (Å²) in [5.74, 6) is 0.125. The summed E-state index contributed by atoms with van der Waals surface area (Å²) < 4.78 is 2.01. The van der Waals surface area contributed by atoms with Crippen molar-refractivity contribution in [3.63, 3.8) is 0 Å². The minimum absolute atomic E-state index is 0.00660. The van der Waals surface area contributed by atoms with Crippen LogP contribution in [0.3, 0.4) is 0 Å². The summed E-state index contributed by atoms with van der Waals surface area (Å²) in [7, 11) is 3.51. The Balaban J connectivity index is 1.34. The normalized spacial score (nSPS) is 16.3. The van der Waals surface area contributed by atoms with Gasteiger partial charge < -0.3 is 20.5 Å². The van der Waals surface area contributed by atoms with Gasteiger partial charge in [0, 0.05) is 51.5 Å². The second-order valence-corrected chi connectivity index (χ2v) is 10.2. The molecule has 36 heavy (non-hydrogen) atoms. The number of imidazole rings is 1. The molecule has 0 radical (unpaired) electrons. The molecule has 0 saturated heterocycles. The van der Waals surface area contributed by atoms with Gasteiger partial charge in [-0.05, 0) is 54.7 Å². The van der Waals surface area contributed by atoms with Crippen LogP contribution in [0.15, 0.2) is 48.5 Å². The van der Waals surface area contributed by atoms with Crippen molar-refractivity contribution in [1.82, 2.24) is 24.7 Å². The van der Waals surface area contributed by atoms with Crippen LogP contribution in [0.1, 0.15) is 57.1 Å². The van der Waals surface area contributed by atoms with E-state index < -0.39 is 0 Å². The maximum atomic E-state index is 13.1. The first-order valence-electron chi connectivity index (χ1n) is 12.2. The summed E-state index contributed by atoms with van der Waals surface area (Å²) >= 11 is 6.70. The van der Waals surface area contributed by atoms with Crippen LogP contribution in [-0.4, -0.2) is 51.8 Å². The summed E-state index contributed by atoms with van der Waals surface area (Å²) in [5.41, 5.74) is 9.94. The molecule has 1 saturated carbocycles. The zero-order chi connectivity index (χ0) is 25.4. The molecule has 1 aliphatic heterocycles. The SMILES string of the molecule is CN(C)C(=O)c1ccc(CN2CCn3c(C(=O)NCc4ccc(N)cc4)nc(Cl)c3C23CCC3)cc1. The van der Waals surface area contributed by atoms with Gasteiger partial charge in [0.1, 0.15) is 0 Å². The third kappa shape index (κ3) is 4.35. The molecule has 1 aromatic heterocycles. The zero-order valence-electron chi connectivity index (χ0n) is 20.6. The molecule has 1 fully saturated rings. The number of rotatable bonds is 6. The van der Waals surface area contributed by atoms with E-state index in [1.54, 1.807) is 19.0 Å². The molecule has 0 unspecified atom stereocenters. The van der Waals surface area contributed by atoms with Gasteiger partial charge in [0.2, 0.25) is 5.82 Å². The van der Waals surface area contributed by atoms with Crippen molar-refractivity contribution in [2.75, 3.05) is 26.4 Å². The number of benzene rings is 2. The van der Waals surface area contributed by atoms with Crippen molar-refractivity contribution >= 4 is 29.1 Å². The van der Waals surface area contributed by atoms with Gasteiger partial charge in [-0.1, -0.05) is 35.9 Å². The van der Waals surface area contributed by atoms with Crippen LogP contribution in [0.5, 0.6) is 0 Å². The van der Waals surface area contributed by atoms with Crippen LogP contribution < -0.4 is 11.1 Å². The van der Waals surface area contributed by atoms with E-state index in [1.165, 1.54) is 0 Å². The molecule has 5 rings (SSSR count). The number of nitrogens with two attached hydrogens (primary N) is 1. The average Bonchev–Trinajstić information content (AvgIpc) is 3.19. The first-order chi connectivity index (χ1) is 17.3. The molecule has 2 aromatic carbocycles. The van der Waals surface area contributed by atoms with Crippen LogP contribution >= 0.6 is 11.6 Å². The highest BCUT2D eigenvalue weighted by atomic mass is 35.5. The molecule has 2 amide bonds. The Bertz CT molecular complexity index is 1280. The topological polar surface area (TPSA) is 96.5 Å². The summed E-state index contributed by atoms with van der Waals surface area (Å²) in [4.78, 5) is 33.9. The van der Waals surface area contributed by atoms with Crippen LogP contribution in [0.2, 0.25) is 5.15 Å². The number of halogens is 1. The van der Waals surface area contributed by atoms with Crippen LogP contribution in [0, 0.1) is 0 Å². The first kappa shape index (κ1) is 24.3. The number of nitrogen functional groups attached to an aromatic ring is 1. The molecule has 1 spiro atoms. The van der Waals surface area contributed by atoms with E-state index >= 15 is 0 Å². The number of amides is 2. The summed E-state index contributed by atoms with van der Waals surface area (Å²) in [6, 6.07) is 15.2. The molecule has 9 heteroatoms. The van der Waals surface area contributed by atoms with E-state index in [0.29, 0.717) is 35.3 Å². The van der Waals surface area contributed by atoms with Crippen molar-refractivity contribution in [2.24, 2.45) is 0 Å². The molecule has 2 heterocycles. The molecule has 1 aliphatic carbocycles. The van der Waals surface area contributed by atoms with Crippen LogP contribution in [0.25, 0.3) is 0 Å². The number of nitrogens with one attached hydrogen (secondary N) is 1. The van der Waals surface area contributed by atoms with Crippen molar-refractivity contribution in [3.8, 4) is 0 Å². The highest BCUT2D eigenvalue weighted by Crippen LogP contribution is 2.51. The van der Waals surface area contributed by atoms with E-state index in [0.717, 1.165) is 49.2 Å². The van der Waals surface area contributed by atoms with Crippen LogP contribution in [0.4, 0.5) is 5.69 Å². The molecule has 3 N–H and O–H groups in total. The second-order valence-electron chi connectivity index (χ2n) is 9.85. The molecular weight excluding hydrogens is 476 g/mol. The van der Waals surface area contributed by atoms with Crippen molar-refractivity contribution < 1.29 is 9.59 Å². The Morgan fingerprint density at radius 1 is 1.06 bits per heavy atom. The highest BCUT2D eigenvalue weighted by molar-refractivity contribution is 6.30. The Hall–Kier alpha value is -3.36. The third-order valence-corrected chi connectivity index (χ3v) is 7.63. The lowest BCUT2D eigenvalue weighted by Gasteiger charge is -2.53. The Kier molecular flexibility index (Phi) is 6.49. The zero-order valence-corrected chi connectivity index (χ0v) is 21.4. The molecule has 3 aromatic rings. The van der Waals surface area contributed by atoms with Gasteiger partial charge in [-0.2, -0.15) is 0 Å². The summed E-state index contributed by atoms with van der Waals surface area (Å²) in [6.07, 6.45) is 3.05. The molecule has 2 aliphatic rings. The Labute approximate surface area is 216 Å². The fourth-order valence-corrected chi connectivity index (χ4v) is 5.62. The molecule has 0 bridgehead atoms. The maximum Gasteiger partial charge on any atom is 0.287 e. The number of fused-ring (bicyclic) bond motifs is 2. The van der Waals surface area contributed by atoms with E-state index in [1.807, 2.05) is 53.1 Å². The smallest absolute Gasteiger partial charge is 0.287 e. The largest absolute Gasteiger partial charge is 0.399 e. The third-order valence-electron chi connectivity index (χ3n) is 7.36. The lowest BCUT2D eigenvalue weighted by atomic mass is 9.71. The van der Waals surface area contributed by atoms with Crippen molar-refractivity contribution in [3.05, 3.63) is 81.9 Å². The highest BCUT2D eigenvalue weighted by Gasteiger charge is 2.50. The lowest BCUT2D eigenvalue weighted by Crippen LogP contribution is -2.56. The quantitative estimate of drug-likeness (QED) is 0.497. The van der Waals surface area contributed by atoms with Gasteiger partial charge in [0.25, 0.3) is 11.8 Å². The van der Waals surface area contributed by atoms with Gasteiger partial charge >= 0.3 is 0 Å². The van der Waals surface area contributed by atoms with Gasteiger partial charge in [0.05, 0.1) is 11.2 Å². The standard InChI is InChI=1S/C27H31ClN6O2/c1-32(2)26(36)20-8-4-19(5-9-20)17-33-14-15-34-22(27(33)12-3-13-27)23(28)31-24(34)25(35)30-16-18-6-10-21(29)11-7-18/h4-11H,3,12-17,29H2,1-2H3,(H,30,35). The molecule has 188 valence electrons. The second kappa shape index (κ2) is 9.59. The minimum atomic E-state index is -0.232. The van der Waals surface area contributed by atoms with Gasteiger partial charge in [0.15, 0.2) is 5.15 Å². The number of hydrogen-bond donors (Lipinski definition) is 2. The van der Waals surface area contributed by atoms with Gasteiger partial charge in [-0.25, -0.2) is 4.98 Å². The number of aromatic nitrogens is 2. The number of carbonyl (C=O) groups is 2. The van der Waals surface area contributed by atoms with E-state index in [2.05, 4.69) is 15.2 Å². The van der Waals surface area contributed by atoms with Crippen molar-refractivity contribution in [2.45, 2.75) is 44.4 Å². The number of hydrogen-bond acceptors (Lipinski definition) is 5. The molecule has 0 atom stereocenters. The maximum absolute atomic E-state index is 13.1. The summed E-state index contributed by atoms with van der Waals surface area (Å²) in [5, 5.41) is 3.37. The average molecular weight is 507 g/mol. The Morgan fingerprint density at radius 2 is 1.72 bits per heavy atom. The van der Waals surface area contributed by atoms with Gasteiger partial charge in [-0.3, -0.25) is 14.5 Å². The number of nitrogens with zero attached hydrogens (tertiary/aromatic N) is 4. The summed E-state index contributed by atoms with van der Waals surface area (Å²) in [6.45, 7) is 2.56. The molecule has 8 nitrogen and oxygen atoms in total. The fraction of sp³-hybridized carbons (Fsp3) is 0.370. The van der Waals surface area contributed by atoms with Crippen molar-refractivity contribution in [1.29, 1.82) is 0 Å². The van der Waals surface area contributed by atoms with E-state index in [4.69, 9.17) is 17.3 Å². The predicted octanol–water partition coefficient (Wildman–Crippen LogP) is 3.65. The number of anilines is 1.